The lowest BCUT2D eigenvalue weighted by Gasteiger charge is -2.04. The highest BCUT2D eigenvalue weighted by molar-refractivity contribution is 6.09. The molecule has 0 spiro atoms. The molecule has 2 rings (SSSR count). The number of halogens is 1. The van der Waals surface area contributed by atoms with Gasteiger partial charge in [-0.1, -0.05) is 6.07 Å². The Morgan fingerprint density at radius 1 is 1.60 bits per heavy atom. The molecule has 0 fully saturated rings. The van der Waals surface area contributed by atoms with E-state index in [0.717, 1.165) is 0 Å². The largest absolute Gasteiger partial charge is 0.497 e. The highest BCUT2D eigenvalue weighted by atomic mass is 19.1. The lowest BCUT2D eigenvalue weighted by atomic mass is 10.0. The van der Waals surface area contributed by atoms with E-state index in [9.17, 15) is 9.18 Å². The minimum atomic E-state index is -2.39. The van der Waals surface area contributed by atoms with Crippen LogP contribution in [0.2, 0.25) is 0 Å². The molecule has 0 amide bonds. The number of nitriles is 1. The van der Waals surface area contributed by atoms with Crippen LogP contribution in [0.4, 0.5) is 4.39 Å². The molecule has 1 aromatic rings. The summed E-state index contributed by atoms with van der Waals surface area (Å²) >= 11 is 0. The van der Waals surface area contributed by atoms with Crippen molar-refractivity contribution in [3.8, 4) is 11.8 Å². The Morgan fingerprint density at radius 3 is 2.93 bits per heavy atom. The second-order valence-corrected chi connectivity index (χ2v) is 3.44. The van der Waals surface area contributed by atoms with Crippen LogP contribution < -0.4 is 4.74 Å². The van der Waals surface area contributed by atoms with E-state index in [1.807, 2.05) is 0 Å². The zero-order valence-electron chi connectivity index (χ0n) is 8.08. The van der Waals surface area contributed by atoms with E-state index in [4.69, 9.17) is 10.00 Å². The Kier molecular flexibility index (Phi) is 1.97. The molecule has 1 atom stereocenters. The van der Waals surface area contributed by atoms with Gasteiger partial charge in [0.2, 0.25) is 5.78 Å². The van der Waals surface area contributed by atoms with Gasteiger partial charge in [0.05, 0.1) is 7.11 Å². The zero-order chi connectivity index (χ0) is 11.1. The molecule has 0 heterocycles. The number of rotatable bonds is 1. The molecule has 0 aromatic heterocycles. The van der Waals surface area contributed by atoms with Crippen molar-refractivity contribution in [3.63, 3.8) is 0 Å². The first kappa shape index (κ1) is 9.66. The molecule has 0 radical (unpaired) electrons. The predicted molar refractivity (Wildman–Crippen MR) is 50.5 cm³/mol. The lowest BCUT2D eigenvalue weighted by molar-refractivity contribution is 0.0820. The molecule has 0 aliphatic heterocycles. The number of fused-ring (bicyclic) bond motifs is 1. The molecule has 15 heavy (non-hydrogen) atoms. The SMILES string of the molecule is COc1ccc2c(c1)C(=O)[C@](F)(C#N)C2. The summed E-state index contributed by atoms with van der Waals surface area (Å²) in [4.78, 5) is 11.6. The zero-order valence-corrected chi connectivity index (χ0v) is 8.08. The first-order valence-corrected chi connectivity index (χ1v) is 4.42. The highest BCUT2D eigenvalue weighted by Gasteiger charge is 2.46. The molecule has 3 nitrogen and oxygen atoms in total. The number of nitrogens with zero attached hydrogens (tertiary/aromatic N) is 1. The van der Waals surface area contributed by atoms with Gasteiger partial charge in [0.25, 0.3) is 5.67 Å². The van der Waals surface area contributed by atoms with Crippen LogP contribution >= 0.6 is 0 Å². The van der Waals surface area contributed by atoms with Crippen LogP contribution in [-0.4, -0.2) is 18.6 Å². The molecule has 1 aliphatic carbocycles. The second kappa shape index (κ2) is 3.06. The molecular formula is C11H8FNO2. The number of benzene rings is 1. The number of ether oxygens (including phenoxy) is 1. The van der Waals surface area contributed by atoms with Crippen molar-refractivity contribution in [2.24, 2.45) is 0 Å². The van der Waals surface area contributed by atoms with Gasteiger partial charge in [0, 0.05) is 12.0 Å². The highest BCUT2D eigenvalue weighted by Crippen LogP contribution is 2.34. The van der Waals surface area contributed by atoms with Crippen molar-refractivity contribution in [1.29, 1.82) is 5.26 Å². The van der Waals surface area contributed by atoms with Gasteiger partial charge in [-0.3, -0.25) is 4.79 Å². The van der Waals surface area contributed by atoms with Crippen molar-refractivity contribution < 1.29 is 13.9 Å². The molecule has 1 aliphatic rings. The first-order chi connectivity index (χ1) is 7.10. The smallest absolute Gasteiger partial charge is 0.261 e. The summed E-state index contributed by atoms with van der Waals surface area (Å²) in [5.41, 5.74) is -1.59. The number of hydrogen-bond acceptors (Lipinski definition) is 3. The maximum Gasteiger partial charge on any atom is 0.261 e. The number of hydrogen-bond donors (Lipinski definition) is 0. The monoisotopic (exact) mass is 205 g/mol. The van der Waals surface area contributed by atoms with E-state index in [0.29, 0.717) is 11.3 Å². The number of ketones is 1. The summed E-state index contributed by atoms with van der Waals surface area (Å²) in [5.74, 6) is -0.275. The van der Waals surface area contributed by atoms with E-state index in [1.54, 1.807) is 12.1 Å². The van der Waals surface area contributed by atoms with Crippen molar-refractivity contribution in [3.05, 3.63) is 29.3 Å². The van der Waals surface area contributed by atoms with Gasteiger partial charge in [-0.2, -0.15) is 5.26 Å². The van der Waals surface area contributed by atoms with Crippen LogP contribution in [0.5, 0.6) is 5.75 Å². The fraction of sp³-hybridized carbons (Fsp3) is 0.273. The summed E-state index contributed by atoms with van der Waals surface area (Å²) in [5, 5.41) is 8.62. The Labute approximate surface area is 86.1 Å². The number of Topliss-reactive ketones (excluding diaryl/α,β-unsaturated/α-hetero) is 1. The third-order valence-electron chi connectivity index (χ3n) is 2.53. The van der Waals surface area contributed by atoms with Gasteiger partial charge in [-0.15, -0.1) is 0 Å². The van der Waals surface area contributed by atoms with Crippen LogP contribution in [0.25, 0.3) is 0 Å². The fourth-order valence-corrected chi connectivity index (χ4v) is 1.69. The van der Waals surface area contributed by atoms with Gasteiger partial charge in [-0.05, 0) is 17.7 Å². The molecule has 0 saturated carbocycles. The lowest BCUT2D eigenvalue weighted by Crippen LogP contribution is -2.27. The summed E-state index contributed by atoms with van der Waals surface area (Å²) in [6.45, 7) is 0. The van der Waals surface area contributed by atoms with Crippen LogP contribution in [0.15, 0.2) is 18.2 Å². The van der Waals surface area contributed by atoms with E-state index in [-0.39, 0.29) is 12.0 Å². The van der Waals surface area contributed by atoms with Crippen LogP contribution in [-0.2, 0) is 6.42 Å². The number of alkyl halides is 1. The van der Waals surface area contributed by atoms with Crippen molar-refractivity contribution in [2.75, 3.05) is 7.11 Å². The summed E-state index contributed by atoms with van der Waals surface area (Å²) in [7, 11) is 1.47. The number of carbonyl (C=O) groups excluding carboxylic acids is 1. The number of methoxy groups -OCH3 is 1. The molecular weight excluding hydrogens is 197 g/mol. The normalized spacial score (nSPS) is 23.4. The Balaban J connectivity index is 2.52. The molecule has 4 heteroatoms. The minimum Gasteiger partial charge on any atom is -0.497 e. The third-order valence-corrected chi connectivity index (χ3v) is 2.53. The van der Waals surface area contributed by atoms with Gasteiger partial charge in [0.15, 0.2) is 0 Å². The molecule has 0 unspecified atom stereocenters. The molecule has 76 valence electrons. The molecule has 0 bridgehead atoms. The van der Waals surface area contributed by atoms with Crippen molar-refractivity contribution in [2.45, 2.75) is 12.1 Å². The Bertz CT molecular complexity index is 478. The van der Waals surface area contributed by atoms with E-state index < -0.39 is 11.5 Å². The van der Waals surface area contributed by atoms with Gasteiger partial charge < -0.3 is 4.74 Å². The van der Waals surface area contributed by atoms with Crippen LogP contribution in [0.1, 0.15) is 15.9 Å². The molecule has 0 N–H and O–H groups in total. The molecule has 0 saturated heterocycles. The van der Waals surface area contributed by atoms with Crippen molar-refractivity contribution in [1.82, 2.24) is 0 Å². The summed E-state index contributed by atoms with van der Waals surface area (Å²) < 4.78 is 18.6. The standard InChI is InChI=1S/C11H8FNO2/c1-15-8-3-2-7-5-11(12,6-13)10(14)9(7)4-8/h2-4H,5H2,1H3/t11-/m1/s1. The maximum absolute atomic E-state index is 13.7. The quantitative estimate of drug-likeness (QED) is 0.700. The third kappa shape index (κ3) is 1.28. The van der Waals surface area contributed by atoms with Crippen LogP contribution in [0.3, 0.4) is 0 Å². The maximum atomic E-state index is 13.7. The van der Waals surface area contributed by atoms with Gasteiger partial charge >= 0.3 is 0 Å². The molecule has 1 aromatic carbocycles. The number of carbonyl (C=O) groups is 1. The van der Waals surface area contributed by atoms with E-state index in [1.165, 1.54) is 19.2 Å². The Hall–Kier alpha value is -1.89. The topological polar surface area (TPSA) is 50.1 Å². The van der Waals surface area contributed by atoms with Crippen LogP contribution in [0, 0.1) is 11.3 Å². The van der Waals surface area contributed by atoms with E-state index >= 15 is 0 Å². The second-order valence-electron chi connectivity index (χ2n) is 3.44. The minimum absolute atomic E-state index is 0.165. The average molecular weight is 205 g/mol. The summed E-state index contributed by atoms with van der Waals surface area (Å²) in [6, 6.07) is 6.15. The van der Waals surface area contributed by atoms with Crippen molar-refractivity contribution >= 4 is 5.78 Å². The predicted octanol–water partition coefficient (Wildman–Crippen LogP) is 1.67. The Morgan fingerprint density at radius 2 is 2.33 bits per heavy atom. The fourth-order valence-electron chi connectivity index (χ4n) is 1.69. The summed E-state index contributed by atoms with van der Waals surface area (Å²) in [6.07, 6.45) is -0.165. The van der Waals surface area contributed by atoms with Gasteiger partial charge in [-0.25, -0.2) is 4.39 Å². The average Bonchev–Trinajstić information content (AvgIpc) is 2.52. The first-order valence-electron chi connectivity index (χ1n) is 4.42. The van der Waals surface area contributed by atoms with Gasteiger partial charge in [0.1, 0.15) is 11.8 Å². The van der Waals surface area contributed by atoms with E-state index in [2.05, 4.69) is 0 Å².